The Balaban J connectivity index is 1.31. The molecule has 34 heavy (non-hydrogen) atoms. The van der Waals surface area contributed by atoms with Crippen LogP contribution in [-0.2, 0) is 18.8 Å². The molecule has 0 radical (unpaired) electrons. The van der Waals surface area contributed by atoms with Crippen molar-refractivity contribution in [3.63, 3.8) is 0 Å². The molecule has 1 N–H and O–H groups in total. The average molecular weight is 466 g/mol. The van der Waals surface area contributed by atoms with Gasteiger partial charge in [0.2, 0.25) is 0 Å². The van der Waals surface area contributed by atoms with Crippen molar-refractivity contribution in [1.29, 1.82) is 0 Å². The highest BCUT2D eigenvalue weighted by Crippen LogP contribution is 2.27. The van der Waals surface area contributed by atoms with Gasteiger partial charge in [-0.2, -0.15) is 0 Å². The lowest BCUT2D eigenvalue weighted by atomic mass is 10.1. The Morgan fingerprint density at radius 2 is 1.71 bits per heavy atom. The molecule has 0 aliphatic rings. The smallest absolute Gasteiger partial charge is 0.251 e. The summed E-state index contributed by atoms with van der Waals surface area (Å²) in [6, 6.07) is 25.7. The first-order valence-corrected chi connectivity index (χ1v) is 12.0. The molecule has 5 rings (SSSR count). The molecule has 0 saturated heterocycles. The first kappa shape index (κ1) is 21.9. The van der Waals surface area contributed by atoms with E-state index in [1.165, 1.54) is 5.56 Å². The Morgan fingerprint density at radius 1 is 0.882 bits per heavy atom. The van der Waals surface area contributed by atoms with Gasteiger partial charge in [0.1, 0.15) is 0 Å². The van der Waals surface area contributed by atoms with Crippen LogP contribution in [-0.4, -0.2) is 25.4 Å². The first-order valence-electron chi connectivity index (χ1n) is 11.0. The molecule has 7 heteroatoms. The van der Waals surface area contributed by atoms with Crippen molar-refractivity contribution in [1.82, 2.24) is 24.8 Å². The van der Waals surface area contributed by atoms with Crippen molar-refractivity contribution < 1.29 is 4.79 Å². The summed E-state index contributed by atoms with van der Waals surface area (Å²) in [5.74, 6) is 0.723. The van der Waals surface area contributed by atoms with Gasteiger partial charge in [-0.05, 0) is 41.5 Å². The number of nitrogens with one attached hydrogen (secondary N) is 1. The quantitative estimate of drug-likeness (QED) is 0.323. The number of thioether (sulfide) groups is 1. The van der Waals surface area contributed by atoms with Gasteiger partial charge >= 0.3 is 0 Å². The minimum Gasteiger partial charge on any atom is -0.346 e. The Bertz CT molecular complexity index is 1390. The average Bonchev–Trinajstić information content (AvgIpc) is 3.25. The summed E-state index contributed by atoms with van der Waals surface area (Å²) < 4.78 is 2.19. The number of rotatable bonds is 8. The summed E-state index contributed by atoms with van der Waals surface area (Å²) in [7, 11) is 0. The molecule has 2 aromatic carbocycles. The van der Waals surface area contributed by atoms with E-state index in [4.69, 9.17) is 4.98 Å². The molecule has 0 atom stereocenters. The van der Waals surface area contributed by atoms with Crippen LogP contribution in [0.5, 0.6) is 0 Å². The normalized spacial score (nSPS) is 10.9. The highest BCUT2D eigenvalue weighted by molar-refractivity contribution is 7.98. The van der Waals surface area contributed by atoms with Crippen LogP contribution in [0.1, 0.15) is 27.2 Å². The molecule has 6 nitrogen and oxygen atoms in total. The molecule has 3 heterocycles. The van der Waals surface area contributed by atoms with E-state index in [-0.39, 0.29) is 5.91 Å². The number of aromatic nitrogens is 4. The van der Waals surface area contributed by atoms with Crippen molar-refractivity contribution in [3.05, 3.63) is 120 Å². The number of carbonyl (C=O) groups is 1. The van der Waals surface area contributed by atoms with Crippen molar-refractivity contribution in [2.45, 2.75) is 24.0 Å². The van der Waals surface area contributed by atoms with Crippen molar-refractivity contribution in [2.24, 2.45) is 0 Å². The molecule has 0 aliphatic heterocycles. The van der Waals surface area contributed by atoms with Crippen molar-refractivity contribution in [2.75, 3.05) is 0 Å². The predicted octanol–water partition coefficient (Wildman–Crippen LogP) is 5.10. The van der Waals surface area contributed by atoms with E-state index in [2.05, 4.69) is 44.1 Å². The zero-order chi connectivity index (χ0) is 23.2. The van der Waals surface area contributed by atoms with Gasteiger partial charge in [0.25, 0.3) is 5.91 Å². The third-order valence-corrected chi connectivity index (χ3v) is 6.49. The second kappa shape index (κ2) is 10.3. The van der Waals surface area contributed by atoms with Crippen molar-refractivity contribution in [3.8, 4) is 0 Å². The predicted molar refractivity (Wildman–Crippen MR) is 134 cm³/mol. The number of benzene rings is 2. The van der Waals surface area contributed by atoms with Crippen LogP contribution in [0.3, 0.4) is 0 Å². The standard InChI is InChI=1S/C27H23N5OS/c33-26(30-16-23-8-4-5-14-29-23)22-11-9-20(10-12-22)18-32-25-17-28-15-13-24(25)31-27(32)34-19-21-6-2-1-3-7-21/h1-15,17H,16,18-19H2,(H,30,33). The summed E-state index contributed by atoms with van der Waals surface area (Å²) in [6.45, 7) is 1.05. The van der Waals surface area contributed by atoms with E-state index >= 15 is 0 Å². The molecule has 0 saturated carbocycles. The highest BCUT2D eigenvalue weighted by Gasteiger charge is 2.13. The molecule has 0 fully saturated rings. The monoisotopic (exact) mass is 465 g/mol. The SMILES string of the molecule is O=C(NCc1ccccn1)c1ccc(Cn2c(SCc3ccccc3)nc3ccncc32)cc1. The van der Waals surface area contributed by atoms with E-state index in [0.29, 0.717) is 18.7 Å². The lowest BCUT2D eigenvalue weighted by molar-refractivity contribution is 0.0950. The fraction of sp³-hybridized carbons (Fsp3) is 0.111. The summed E-state index contributed by atoms with van der Waals surface area (Å²) in [5, 5.41) is 3.87. The van der Waals surface area contributed by atoms with Crippen LogP contribution in [0.25, 0.3) is 11.0 Å². The molecular weight excluding hydrogens is 442 g/mol. The second-order valence-corrected chi connectivity index (χ2v) is 8.76. The molecule has 3 aromatic heterocycles. The molecule has 0 spiro atoms. The molecule has 1 amide bonds. The van der Waals surface area contributed by atoms with Crippen LogP contribution < -0.4 is 5.32 Å². The maximum atomic E-state index is 12.5. The lowest BCUT2D eigenvalue weighted by Crippen LogP contribution is -2.23. The van der Waals surface area contributed by atoms with Gasteiger partial charge in [0.05, 0.1) is 36.0 Å². The van der Waals surface area contributed by atoms with Crippen LogP contribution in [0.15, 0.2) is 103 Å². The topological polar surface area (TPSA) is 72.7 Å². The van der Waals surface area contributed by atoms with E-state index in [9.17, 15) is 4.79 Å². The molecule has 168 valence electrons. The molecule has 5 aromatic rings. The van der Waals surface area contributed by atoms with Gasteiger partial charge in [-0.15, -0.1) is 0 Å². The zero-order valence-electron chi connectivity index (χ0n) is 18.5. The maximum Gasteiger partial charge on any atom is 0.251 e. The van der Waals surface area contributed by atoms with E-state index in [1.54, 1.807) is 24.2 Å². The van der Waals surface area contributed by atoms with Gasteiger partial charge in [-0.1, -0.05) is 60.3 Å². The third kappa shape index (κ3) is 5.15. The van der Waals surface area contributed by atoms with Crippen molar-refractivity contribution >= 4 is 28.7 Å². The van der Waals surface area contributed by atoms with E-state index in [1.807, 2.05) is 60.8 Å². The van der Waals surface area contributed by atoms with Crippen LogP contribution in [0.4, 0.5) is 0 Å². The Labute approximate surface area is 202 Å². The molecule has 0 aliphatic carbocycles. The number of amides is 1. The fourth-order valence-corrected chi connectivity index (χ4v) is 4.62. The lowest BCUT2D eigenvalue weighted by Gasteiger charge is -2.10. The van der Waals surface area contributed by atoms with E-state index < -0.39 is 0 Å². The minimum atomic E-state index is -0.117. The molecule has 0 unspecified atom stereocenters. The zero-order valence-corrected chi connectivity index (χ0v) is 19.3. The summed E-state index contributed by atoms with van der Waals surface area (Å²) >= 11 is 1.71. The highest BCUT2D eigenvalue weighted by atomic mass is 32.2. The van der Waals surface area contributed by atoms with Crippen LogP contribution in [0.2, 0.25) is 0 Å². The molecule has 0 bridgehead atoms. The Morgan fingerprint density at radius 3 is 2.50 bits per heavy atom. The number of nitrogens with zero attached hydrogens (tertiary/aromatic N) is 4. The minimum absolute atomic E-state index is 0.117. The Kier molecular flexibility index (Phi) is 6.63. The maximum absolute atomic E-state index is 12.5. The summed E-state index contributed by atoms with van der Waals surface area (Å²) in [6.07, 6.45) is 5.34. The molecular formula is C27H23N5OS. The Hall–Kier alpha value is -3.97. The van der Waals surface area contributed by atoms with Crippen LogP contribution >= 0.6 is 11.8 Å². The number of carbonyl (C=O) groups excluding carboxylic acids is 1. The van der Waals surface area contributed by atoms with Crippen LogP contribution in [0, 0.1) is 0 Å². The van der Waals surface area contributed by atoms with Gasteiger partial charge in [-0.25, -0.2) is 4.98 Å². The fourth-order valence-electron chi connectivity index (χ4n) is 3.65. The number of imidazole rings is 1. The third-order valence-electron chi connectivity index (χ3n) is 5.44. The van der Waals surface area contributed by atoms with Gasteiger partial charge in [0.15, 0.2) is 5.16 Å². The number of pyridine rings is 2. The number of fused-ring (bicyclic) bond motifs is 1. The largest absolute Gasteiger partial charge is 0.346 e. The van der Waals surface area contributed by atoms with Gasteiger partial charge < -0.3 is 9.88 Å². The summed E-state index contributed by atoms with van der Waals surface area (Å²) in [4.78, 5) is 25.9. The van der Waals surface area contributed by atoms with E-state index in [0.717, 1.165) is 33.2 Å². The summed E-state index contributed by atoms with van der Waals surface area (Å²) in [5.41, 5.74) is 5.71. The van der Waals surface area contributed by atoms with Gasteiger partial charge in [-0.3, -0.25) is 14.8 Å². The van der Waals surface area contributed by atoms with Gasteiger partial charge in [0, 0.05) is 23.7 Å². The second-order valence-electron chi connectivity index (χ2n) is 7.82. The first-order chi connectivity index (χ1) is 16.8. The number of hydrogen-bond donors (Lipinski definition) is 1. The number of hydrogen-bond acceptors (Lipinski definition) is 5.